The van der Waals surface area contributed by atoms with Gasteiger partial charge in [0.2, 0.25) is 0 Å². The summed E-state index contributed by atoms with van der Waals surface area (Å²) in [7, 11) is 0. The molecule has 2 rings (SSSR count). The lowest BCUT2D eigenvalue weighted by Crippen LogP contribution is -2.39. The van der Waals surface area contributed by atoms with Crippen molar-refractivity contribution in [3.63, 3.8) is 0 Å². The molecule has 4 atom stereocenters. The van der Waals surface area contributed by atoms with Gasteiger partial charge in [0.25, 0.3) is 0 Å². The van der Waals surface area contributed by atoms with Crippen LogP contribution in [0.5, 0.6) is 0 Å². The van der Waals surface area contributed by atoms with E-state index in [0.29, 0.717) is 11.9 Å². The first-order chi connectivity index (χ1) is 9.00. The SMILES string of the molecule is CC(C)SCCOC(=O)[C@@H]1[C@@H](C(=O)O)[C@@H]2CC[C@H]1O2. The third-order valence-electron chi connectivity index (χ3n) is 3.61. The number of carboxylic acids is 1. The number of carboxylic acid groups (broad SMARTS) is 1. The van der Waals surface area contributed by atoms with Crippen LogP contribution in [0.25, 0.3) is 0 Å². The van der Waals surface area contributed by atoms with Crippen molar-refractivity contribution in [3.8, 4) is 0 Å². The molecule has 2 heterocycles. The summed E-state index contributed by atoms with van der Waals surface area (Å²) in [6.45, 7) is 4.50. The Morgan fingerprint density at radius 3 is 2.53 bits per heavy atom. The van der Waals surface area contributed by atoms with Gasteiger partial charge in [0, 0.05) is 5.75 Å². The topological polar surface area (TPSA) is 72.8 Å². The lowest BCUT2D eigenvalue weighted by molar-refractivity contribution is -0.157. The smallest absolute Gasteiger partial charge is 0.312 e. The number of ether oxygens (including phenoxy) is 2. The fraction of sp³-hybridized carbons (Fsp3) is 0.846. The highest BCUT2D eigenvalue weighted by molar-refractivity contribution is 7.99. The zero-order valence-corrected chi connectivity index (χ0v) is 12.0. The normalized spacial score (nSPS) is 32.8. The quantitative estimate of drug-likeness (QED) is 0.590. The Bertz CT molecular complexity index is 357. The Balaban J connectivity index is 1.86. The maximum atomic E-state index is 12.0. The molecular weight excluding hydrogens is 268 g/mol. The number of hydrogen-bond donors (Lipinski definition) is 1. The minimum absolute atomic E-state index is 0.267. The Hall–Kier alpha value is -0.750. The van der Waals surface area contributed by atoms with Crippen molar-refractivity contribution in [2.24, 2.45) is 11.8 Å². The van der Waals surface area contributed by atoms with Crippen molar-refractivity contribution in [1.29, 1.82) is 0 Å². The molecule has 2 bridgehead atoms. The van der Waals surface area contributed by atoms with Crippen molar-refractivity contribution < 1.29 is 24.2 Å². The molecule has 5 nitrogen and oxygen atoms in total. The molecular formula is C13H20O5S. The molecule has 2 aliphatic heterocycles. The van der Waals surface area contributed by atoms with Gasteiger partial charge in [-0.15, -0.1) is 0 Å². The van der Waals surface area contributed by atoms with Crippen LogP contribution in [0.15, 0.2) is 0 Å². The van der Waals surface area contributed by atoms with E-state index in [2.05, 4.69) is 13.8 Å². The van der Waals surface area contributed by atoms with Crippen molar-refractivity contribution in [2.45, 2.75) is 44.1 Å². The molecule has 0 radical (unpaired) electrons. The zero-order chi connectivity index (χ0) is 14.0. The second kappa shape index (κ2) is 6.13. The summed E-state index contributed by atoms with van der Waals surface area (Å²) < 4.78 is 10.7. The van der Waals surface area contributed by atoms with Crippen molar-refractivity contribution in [1.82, 2.24) is 0 Å². The van der Waals surface area contributed by atoms with E-state index in [1.807, 2.05) is 0 Å². The van der Waals surface area contributed by atoms with Gasteiger partial charge in [-0.2, -0.15) is 11.8 Å². The molecule has 0 aromatic heterocycles. The standard InChI is InChI=1S/C13H20O5S/c1-7(2)19-6-5-17-13(16)11-9-4-3-8(18-9)10(11)12(14)15/h7-11H,3-6H2,1-2H3,(H,14,15)/t8-,9+,10-,11-/m0/s1. The van der Waals surface area contributed by atoms with E-state index in [9.17, 15) is 14.7 Å². The van der Waals surface area contributed by atoms with E-state index in [4.69, 9.17) is 9.47 Å². The maximum absolute atomic E-state index is 12.0. The van der Waals surface area contributed by atoms with Crippen molar-refractivity contribution in [2.75, 3.05) is 12.4 Å². The highest BCUT2D eigenvalue weighted by atomic mass is 32.2. The Morgan fingerprint density at radius 1 is 1.32 bits per heavy atom. The predicted molar refractivity (Wildman–Crippen MR) is 71.1 cm³/mol. The second-order valence-corrected chi connectivity index (χ2v) is 6.95. The van der Waals surface area contributed by atoms with Gasteiger partial charge in [-0.05, 0) is 18.1 Å². The fourth-order valence-corrected chi connectivity index (χ4v) is 3.46. The number of thioether (sulfide) groups is 1. The van der Waals surface area contributed by atoms with Crippen molar-refractivity contribution >= 4 is 23.7 Å². The summed E-state index contributed by atoms with van der Waals surface area (Å²) in [5.74, 6) is -1.98. The van der Waals surface area contributed by atoms with Crippen LogP contribution in [0.2, 0.25) is 0 Å². The molecule has 2 aliphatic rings. The lowest BCUT2D eigenvalue weighted by Gasteiger charge is -2.23. The third-order valence-corrected chi connectivity index (χ3v) is 4.68. The average molecular weight is 288 g/mol. The third kappa shape index (κ3) is 3.23. The minimum Gasteiger partial charge on any atom is -0.481 e. The molecule has 19 heavy (non-hydrogen) atoms. The molecule has 0 saturated carbocycles. The average Bonchev–Trinajstić information content (AvgIpc) is 2.93. The van der Waals surface area contributed by atoms with Gasteiger partial charge in [0.15, 0.2) is 0 Å². The van der Waals surface area contributed by atoms with Crippen LogP contribution in [0, 0.1) is 11.8 Å². The monoisotopic (exact) mass is 288 g/mol. The van der Waals surface area contributed by atoms with Crippen molar-refractivity contribution in [3.05, 3.63) is 0 Å². The highest BCUT2D eigenvalue weighted by Crippen LogP contribution is 2.44. The van der Waals surface area contributed by atoms with Gasteiger partial charge in [0.1, 0.15) is 6.61 Å². The van der Waals surface area contributed by atoms with Gasteiger partial charge in [-0.1, -0.05) is 13.8 Å². The maximum Gasteiger partial charge on any atom is 0.312 e. The van der Waals surface area contributed by atoms with Gasteiger partial charge in [-0.3, -0.25) is 9.59 Å². The summed E-state index contributed by atoms with van der Waals surface area (Å²) in [6.07, 6.45) is 0.908. The molecule has 0 amide bonds. The number of carbonyl (C=O) groups excluding carboxylic acids is 1. The molecule has 0 spiro atoms. The molecule has 2 saturated heterocycles. The van der Waals surface area contributed by atoms with Gasteiger partial charge in [0.05, 0.1) is 24.0 Å². The Kier molecular flexibility index (Phi) is 4.73. The zero-order valence-electron chi connectivity index (χ0n) is 11.2. The number of hydrogen-bond acceptors (Lipinski definition) is 5. The first kappa shape index (κ1) is 14.7. The summed E-state index contributed by atoms with van der Waals surface area (Å²) in [4.78, 5) is 23.3. The van der Waals surface area contributed by atoms with E-state index in [0.717, 1.165) is 18.6 Å². The first-order valence-electron chi connectivity index (χ1n) is 6.67. The van der Waals surface area contributed by atoms with E-state index in [-0.39, 0.29) is 12.2 Å². The fourth-order valence-electron chi connectivity index (χ4n) is 2.81. The lowest BCUT2D eigenvalue weighted by atomic mass is 9.79. The van der Waals surface area contributed by atoms with Gasteiger partial charge < -0.3 is 14.6 Å². The number of fused-ring (bicyclic) bond motifs is 2. The van der Waals surface area contributed by atoms with Gasteiger partial charge >= 0.3 is 11.9 Å². The molecule has 1 N–H and O–H groups in total. The van der Waals surface area contributed by atoms with Crippen LogP contribution in [-0.4, -0.2) is 46.9 Å². The number of rotatable bonds is 6. The van der Waals surface area contributed by atoms with Crippen LogP contribution in [0.4, 0.5) is 0 Å². The second-order valence-electron chi connectivity index (χ2n) is 5.27. The minimum atomic E-state index is -0.953. The largest absolute Gasteiger partial charge is 0.481 e. The summed E-state index contributed by atoms with van der Waals surface area (Å²) in [6, 6.07) is 0. The number of esters is 1. The van der Waals surface area contributed by atoms with E-state index < -0.39 is 23.8 Å². The van der Waals surface area contributed by atoms with Crippen LogP contribution in [0.1, 0.15) is 26.7 Å². The Labute approximate surface area is 117 Å². The first-order valence-corrected chi connectivity index (χ1v) is 7.72. The van der Waals surface area contributed by atoms with Crippen LogP contribution >= 0.6 is 11.8 Å². The van der Waals surface area contributed by atoms with E-state index >= 15 is 0 Å². The number of carbonyl (C=O) groups is 2. The Morgan fingerprint density at radius 2 is 1.95 bits per heavy atom. The summed E-state index contributed by atoms with van der Waals surface area (Å²) >= 11 is 1.71. The van der Waals surface area contributed by atoms with Crippen LogP contribution in [-0.2, 0) is 19.1 Å². The van der Waals surface area contributed by atoms with E-state index in [1.54, 1.807) is 11.8 Å². The van der Waals surface area contributed by atoms with E-state index in [1.165, 1.54) is 0 Å². The van der Waals surface area contributed by atoms with Gasteiger partial charge in [-0.25, -0.2) is 0 Å². The molecule has 108 valence electrons. The van der Waals surface area contributed by atoms with Crippen LogP contribution < -0.4 is 0 Å². The molecule has 0 aromatic carbocycles. The summed E-state index contributed by atoms with van der Waals surface area (Å²) in [5, 5.41) is 9.70. The molecule has 0 aliphatic carbocycles. The van der Waals surface area contributed by atoms with Crippen LogP contribution in [0.3, 0.4) is 0 Å². The summed E-state index contributed by atoms with van der Waals surface area (Å²) in [5.41, 5.74) is 0. The predicted octanol–water partition coefficient (Wildman–Crippen LogP) is 1.55. The molecule has 0 aromatic rings. The molecule has 2 fully saturated rings. The molecule has 0 unspecified atom stereocenters. The number of aliphatic carboxylic acids is 1. The highest BCUT2D eigenvalue weighted by Gasteiger charge is 2.56. The molecule has 6 heteroatoms.